The van der Waals surface area contributed by atoms with Crippen molar-refractivity contribution in [1.29, 1.82) is 0 Å². The zero-order chi connectivity index (χ0) is 37.9. The van der Waals surface area contributed by atoms with Crippen molar-refractivity contribution < 1.29 is 28.2 Å². The van der Waals surface area contributed by atoms with Crippen LogP contribution in [-0.4, -0.2) is 84.6 Å². The van der Waals surface area contributed by atoms with Crippen LogP contribution in [0.5, 0.6) is 0 Å². The quantitative estimate of drug-likeness (QED) is 0.0960. The van der Waals surface area contributed by atoms with Crippen LogP contribution in [0.4, 0.5) is 21.0 Å². The Bertz CT molecular complexity index is 1460. The van der Waals surface area contributed by atoms with Gasteiger partial charge in [-0.05, 0) is 81.9 Å². The minimum absolute atomic E-state index is 0.0267. The van der Waals surface area contributed by atoms with E-state index in [9.17, 15) is 9.59 Å². The Balaban J connectivity index is 0.000000790. The smallest absolute Gasteiger partial charge is 0.412 e. The third-order valence-corrected chi connectivity index (χ3v) is 5.87. The second-order valence-electron chi connectivity index (χ2n) is 12.7. The van der Waals surface area contributed by atoms with Crippen molar-refractivity contribution in [2.45, 2.75) is 64.6 Å². The number of amides is 2. The summed E-state index contributed by atoms with van der Waals surface area (Å²) >= 11 is 3.36. The predicted molar refractivity (Wildman–Crippen MR) is 202 cm³/mol. The van der Waals surface area contributed by atoms with Crippen LogP contribution >= 0.6 is 15.9 Å². The van der Waals surface area contributed by atoms with Crippen LogP contribution in [0, 0.1) is 0 Å². The highest BCUT2D eigenvalue weighted by molar-refractivity contribution is 9.08. The van der Waals surface area contributed by atoms with Gasteiger partial charge >= 0.3 is 24.1 Å². The van der Waals surface area contributed by atoms with Crippen molar-refractivity contribution in [3.8, 4) is 0 Å². The number of ether oxygens (including phenoxy) is 2. The van der Waals surface area contributed by atoms with Gasteiger partial charge in [0.05, 0.1) is 34.7 Å². The highest BCUT2D eigenvalue weighted by Gasteiger charge is 2.17. The van der Waals surface area contributed by atoms with Crippen LogP contribution in [0.15, 0.2) is 58.5 Å². The number of halogens is 1. The van der Waals surface area contributed by atoms with E-state index in [1.54, 1.807) is 49.5 Å². The lowest BCUT2D eigenvalue weighted by Crippen LogP contribution is -2.45. The number of rotatable bonds is 5. The van der Waals surface area contributed by atoms with Gasteiger partial charge in [-0.25, -0.2) is 19.9 Å². The predicted octanol–water partition coefficient (Wildman–Crippen LogP) is 2.80. The number of anilines is 2. The van der Waals surface area contributed by atoms with Gasteiger partial charge in [0.25, 0.3) is 11.9 Å². The molecule has 2 aromatic carbocycles. The standard InChI is InChI=1S/C16H26N6O2.C12H16BrNO2.C4H11N5/c1-16(2,3)24-15(23)20-12-8-6-11(7-9-12)10-19-13(17)21-14(18)22(4)5;1-12(2,3)16-11(15)14-10-6-4-9(8-13)5-7-10;1-9(2)4(7)8-3(5)6/h6-9H,10H2,1-5H3,(H5,17,18,19,20,21,23);4-7H,8H2,1-3H3,(H,14,15);1-2H3,(H5,5,6,7,8)/p+2. The number of nitrogens with two attached hydrogens (primary N) is 5. The first-order valence-corrected chi connectivity index (χ1v) is 16.1. The molecule has 0 spiro atoms. The molecule has 0 aliphatic carbocycles. The fourth-order valence-corrected chi connectivity index (χ4v) is 3.28. The van der Waals surface area contributed by atoms with Crippen LogP contribution in [0.1, 0.15) is 52.7 Å². The average Bonchev–Trinajstić information content (AvgIpc) is 2.95. The van der Waals surface area contributed by atoms with E-state index < -0.39 is 23.4 Å². The molecule has 0 aliphatic rings. The second-order valence-corrected chi connectivity index (χ2v) is 13.2. The summed E-state index contributed by atoms with van der Waals surface area (Å²) in [6.07, 6.45) is -0.921. The van der Waals surface area contributed by atoms with E-state index in [0.29, 0.717) is 24.2 Å². The first-order valence-electron chi connectivity index (χ1n) is 15.0. The highest BCUT2D eigenvalue weighted by atomic mass is 79.9. The van der Waals surface area contributed by atoms with Gasteiger partial charge < -0.3 is 26.7 Å². The van der Waals surface area contributed by atoms with E-state index in [2.05, 4.69) is 41.9 Å². The fraction of sp³-hybridized carbons (Fsp3) is 0.438. The third kappa shape index (κ3) is 23.0. The van der Waals surface area contributed by atoms with Gasteiger partial charge in [-0.15, -0.1) is 0 Å². The van der Waals surface area contributed by atoms with Crippen molar-refractivity contribution in [3.63, 3.8) is 0 Å². The molecule has 0 radical (unpaired) electrons. The van der Waals surface area contributed by atoms with Gasteiger partial charge in [0, 0.05) is 16.7 Å². The highest BCUT2D eigenvalue weighted by Crippen LogP contribution is 2.15. The second kappa shape index (κ2) is 21.0. The largest absolute Gasteiger partial charge is 0.444 e. The average molecular weight is 752 g/mol. The maximum absolute atomic E-state index is 11.7. The molecule has 272 valence electrons. The molecule has 0 saturated heterocycles. The lowest BCUT2D eigenvalue weighted by Gasteiger charge is -2.19. The Morgan fingerprint density at radius 3 is 1.43 bits per heavy atom. The molecule has 2 amide bonds. The van der Waals surface area contributed by atoms with Gasteiger partial charge in [0.1, 0.15) is 11.2 Å². The number of benzene rings is 2. The number of nitrogens with zero attached hydrogens (tertiary/aromatic N) is 4. The van der Waals surface area contributed by atoms with Crippen molar-refractivity contribution in [2.24, 2.45) is 38.7 Å². The van der Waals surface area contributed by atoms with Gasteiger partial charge in [0.2, 0.25) is 0 Å². The zero-order valence-corrected chi connectivity index (χ0v) is 31.8. The van der Waals surface area contributed by atoms with Gasteiger partial charge in [-0.2, -0.15) is 0 Å². The van der Waals surface area contributed by atoms with E-state index >= 15 is 0 Å². The number of hydrogen-bond acceptors (Lipinski definition) is 5. The Morgan fingerprint density at radius 2 is 1.12 bits per heavy atom. The molecule has 2 aromatic rings. The molecule has 49 heavy (non-hydrogen) atoms. The van der Waals surface area contributed by atoms with Crippen LogP contribution in [0.25, 0.3) is 0 Å². The Labute approximate surface area is 298 Å². The first-order chi connectivity index (χ1) is 22.5. The van der Waals surface area contributed by atoms with Crippen molar-refractivity contribution in [2.75, 3.05) is 38.8 Å². The monoisotopic (exact) mass is 750 g/mol. The van der Waals surface area contributed by atoms with E-state index in [0.717, 1.165) is 22.1 Å². The number of nitrogens with one attached hydrogen (secondary N) is 3. The summed E-state index contributed by atoms with van der Waals surface area (Å²) < 4.78 is 13.6. The van der Waals surface area contributed by atoms with E-state index in [-0.39, 0.29) is 11.9 Å². The van der Waals surface area contributed by atoms with E-state index in [1.807, 2.05) is 77.9 Å². The Hall–Kier alpha value is -5.06. The van der Waals surface area contributed by atoms with E-state index in [4.69, 9.17) is 38.1 Å². The molecule has 17 heteroatoms. The maximum Gasteiger partial charge on any atom is 0.412 e. The van der Waals surface area contributed by atoms with Gasteiger partial charge in [-0.1, -0.05) is 40.2 Å². The minimum atomic E-state index is -0.533. The molecule has 13 N–H and O–H groups in total. The molecule has 0 bridgehead atoms. The minimum Gasteiger partial charge on any atom is -0.444 e. The molecule has 0 aromatic heterocycles. The fourth-order valence-electron chi connectivity index (χ4n) is 2.90. The SMILES string of the molecule is CC(C)(C)OC(=O)Nc1ccc(CBr)cc1.C[N+](C)=C(N)N=C(N)N.C[N+](C)=C(N)NC(N)=NCc1ccc(NC(=O)OC(C)(C)C)cc1. The van der Waals surface area contributed by atoms with E-state index in [1.165, 1.54) is 0 Å². The van der Waals surface area contributed by atoms with Gasteiger partial charge in [0.15, 0.2) is 0 Å². The summed E-state index contributed by atoms with van der Waals surface area (Å²) in [5.74, 6) is 0.918. The summed E-state index contributed by atoms with van der Waals surface area (Å²) in [5.41, 5.74) is 29.3. The first kappa shape index (κ1) is 43.9. The van der Waals surface area contributed by atoms with Gasteiger partial charge in [-0.3, -0.25) is 31.3 Å². The molecule has 0 atom stereocenters. The topological polar surface area (TPSA) is 250 Å². The number of alkyl halides is 1. The number of hydrogen-bond donors (Lipinski definition) is 8. The molecule has 0 fully saturated rings. The van der Waals surface area contributed by atoms with Crippen molar-refractivity contribution in [3.05, 3.63) is 59.7 Å². The summed E-state index contributed by atoms with van der Waals surface area (Å²) in [4.78, 5) is 30.9. The summed E-state index contributed by atoms with van der Waals surface area (Å²) in [5, 5.41) is 8.93. The summed E-state index contributed by atoms with van der Waals surface area (Å²) in [6.45, 7) is 11.3. The number of aliphatic imine (C=N–C) groups is 2. The van der Waals surface area contributed by atoms with Crippen molar-refractivity contribution in [1.82, 2.24) is 5.32 Å². The van der Waals surface area contributed by atoms with Crippen LogP contribution in [0.3, 0.4) is 0 Å². The van der Waals surface area contributed by atoms with Crippen LogP contribution < -0.4 is 44.6 Å². The molecule has 0 aliphatic heterocycles. The third-order valence-electron chi connectivity index (χ3n) is 5.22. The van der Waals surface area contributed by atoms with Crippen molar-refractivity contribution >= 4 is 63.3 Å². The molecule has 0 unspecified atom stereocenters. The van der Waals surface area contributed by atoms with Crippen LogP contribution in [0.2, 0.25) is 0 Å². The number of carbonyl (C=O) groups is 2. The number of guanidine groups is 4. The molecule has 16 nitrogen and oxygen atoms in total. The lowest BCUT2D eigenvalue weighted by atomic mass is 10.2. The number of carbonyl (C=O) groups excluding carboxylic acids is 2. The van der Waals surface area contributed by atoms with Crippen LogP contribution in [-0.2, 0) is 21.3 Å². The molecular weight excluding hydrogens is 696 g/mol. The molecule has 0 heterocycles. The Kier molecular flexibility index (Phi) is 18.9. The molecule has 0 saturated carbocycles. The zero-order valence-electron chi connectivity index (χ0n) is 30.2. The normalized spacial score (nSPS) is 10.8. The Morgan fingerprint density at radius 1 is 0.714 bits per heavy atom. The maximum atomic E-state index is 11.7. The molecular formula is C32H55BrN12O4+2. The summed E-state index contributed by atoms with van der Waals surface area (Å²) in [7, 11) is 7.10. The summed E-state index contributed by atoms with van der Waals surface area (Å²) in [6, 6.07) is 14.8. The molecule has 2 rings (SSSR count). The lowest BCUT2D eigenvalue weighted by molar-refractivity contribution is -0.467.